The predicted octanol–water partition coefficient (Wildman–Crippen LogP) is 4.33. The van der Waals surface area contributed by atoms with E-state index in [1.54, 1.807) is 19.1 Å². The summed E-state index contributed by atoms with van der Waals surface area (Å²) in [5, 5.41) is 10.1. The second kappa shape index (κ2) is 7.91. The number of benzene rings is 1. The van der Waals surface area contributed by atoms with E-state index in [1.165, 1.54) is 0 Å². The van der Waals surface area contributed by atoms with Crippen LogP contribution in [0.3, 0.4) is 0 Å². The van der Waals surface area contributed by atoms with E-state index < -0.39 is 0 Å². The van der Waals surface area contributed by atoms with Crippen molar-refractivity contribution >= 4 is 34.9 Å². The topological polar surface area (TPSA) is 84.2 Å². The van der Waals surface area contributed by atoms with Gasteiger partial charge in [0.05, 0.1) is 0 Å². The standard InChI is InChI=1S/C19H22ClN3O3/c1-11-3-8-15(10-16(11)20)21-18(24)13-4-6-14(7-5-13)19(25)22-17-9-12(2)26-23-17/h3,8-10,13-14H,4-7H2,1-2H3,(H,21,24)(H,22,23,25). The number of carbonyl (C=O) groups is 2. The third-order valence-electron chi connectivity index (χ3n) is 4.79. The first-order valence-electron chi connectivity index (χ1n) is 8.73. The summed E-state index contributed by atoms with van der Waals surface area (Å²) < 4.78 is 4.95. The van der Waals surface area contributed by atoms with Crippen molar-refractivity contribution in [3.8, 4) is 0 Å². The van der Waals surface area contributed by atoms with Crippen molar-refractivity contribution < 1.29 is 14.1 Å². The molecule has 7 heteroatoms. The second-order valence-electron chi connectivity index (χ2n) is 6.81. The smallest absolute Gasteiger partial charge is 0.228 e. The number of hydrogen-bond acceptors (Lipinski definition) is 4. The summed E-state index contributed by atoms with van der Waals surface area (Å²) in [6, 6.07) is 7.17. The van der Waals surface area contributed by atoms with Crippen molar-refractivity contribution in [3.05, 3.63) is 40.6 Å². The maximum Gasteiger partial charge on any atom is 0.228 e. The molecule has 2 amide bonds. The monoisotopic (exact) mass is 375 g/mol. The quantitative estimate of drug-likeness (QED) is 0.833. The van der Waals surface area contributed by atoms with Crippen LogP contribution in [0, 0.1) is 25.7 Å². The molecule has 0 spiro atoms. The Labute approximate surface area is 157 Å². The van der Waals surface area contributed by atoms with Crippen LogP contribution in [0.5, 0.6) is 0 Å². The average molecular weight is 376 g/mol. The van der Waals surface area contributed by atoms with Crippen LogP contribution in [0.15, 0.2) is 28.8 Å². The molecule has 1 aliphatic rings. The lowest BCUT2D eigenvalue weighted by molar-refractivity contribution is -0.125. The number of carbonyl (C=O) groups excluding carboxylic acids is 2. The Morgan fingerprint density at radius 3 is 2.19 bits per heavy atom. The molecule has 26 heavy (non-hydrogen) atoms. The molecule has 1 aromatic carbocycles. The molecule has 1 fully saturated rings. The first-order valence-corrected chi connectivity index (χ1v) is 9.11. The number of aryl methyl sites for hydroxylation is 2. The number of hydrogen-bond donors (Lipinski definition) is 2. The lowest BCUT2D eigenvalue weighted by Gasteiger charge is -2.26. The van der Waals surface area contributed by atoms with Crippen LogP contribution in [0.25, 0.3) is 0 Å². The highest BCUT2D eigenvalue weighted by Gasteiger charge is 2.30. The summed E-state index contributed by atoms with van der Waals surface area (Å²) >= 11 is 6.10. The Hall–Kier alpha value is -2.34. The third kappa shape index (κ3) is 4.43. The summed E-state index contributed by atoms with van der Waals surface area (Å²) in [6.07, 6.45) is 2.72. The number of amides is 2. The van der Waals surface area contributed by atoms with Crippen LogP contribution in [0.4, 0.5) is 11.5 Å². The van der Waals surface area contributed by atoms with E-state index in [2.05, 4.69) is 15.8 Å². The molecule has 1 aliphatic carbocycles. The van der Waals surface area contributed by atoms with Crippen molar-refractivity contribution in [1.82, 2.24) is 5.16 Å². The number of nitrogens with zero attached hydrogens (tertiary/aromatic N) is 1. The zero-order valence-electron chi connectivity index (χ0n) is 14.8. The second-order valence-corrected chi connectivity index (χ2v) is 7.22. The predicted molar refractivity (Wildman–Crippen MR) is 100 cm³/mol. The highest BCUT2D eigenvalue weighted by Crippen LogP contribution is 2.31. The Balaban J connectivity index is 1.50. The number of halogens is 1. The van der Waals surface area contributed by atoms with E-state index in [-0.39, 0.29) is 23.7 Å². The summed E-state index contributed by atoms with van der Waals surface area (Å²) in [5.41, 5.74) is 1.67. The lowest BCUT2D eigenvalue weighted by atomic mass is 9.81. The van der Waals surface area contributed by atoms with Gasteiger partial charge in [-0.3, -0.25) is 9.59 Å². The van der Waals surface area contributed by atoms with Gasteiger partial charge in [-0.15, -0.1) is 0 Å². The number of anilines is 2. The number of aromatic nitrogens is 1. The van der Waals surface area contributed by atoms with E-state index in [4.69, 9.17) is 16.1 Å². The van der Waals surface area contributed by atoms with Gasteiger partial charge in [0.2, 0.25) is 11.8 Å². The average Bonchev–Trinajstić information content (AvgIpc) is 3.03. The van der Waals surface area contributed by atoms with Gasteiger partial charge in [-0.2, -0.15) is 0 Å². The largest absolute Gasteiger partial charge is 0.360 e. The minimum atomic E-state index is -0.107. The van der Waals surface area contributed by atoms with Gasteiger partial charge in [0, 0.05) is 28.6 Å². The normalized spacial score (nSPS) is 19.8. The molecular formula is C19H22ClN3O3. The molecule has 1 heterocycles. The minimum absolute atomic E-state index is 0.0177. The van der Waals surface area contributed by atoms with Crippen LogP contribution >= 0.6 is 11.6 Å². The molecule has 0 aliphatic heterocycles. The van der Waals surface area contributed by atoms with Crippen molar-refractivity contribution in [2.45, 2.75) is 39.5 Å². The summed E-state index contributed by atoms with van der Waals surface area (Å²) in [7, 11) is 0. The SMILES string of the molecule is Cc1cc(NC(=O)C2CCC(C(=O)Nc3ccc(C)c(Cl)c3)CC2)no1. The van der Waals surface area contributed by atoms with E-state index in [1.807, 2.05) is 19.1 Å². The highest BCUT2D eigenvalue weighted by molar-refractivity contribution is 6.31. The molecule has 6 nitrogen and oxygen atoms in total. The van der Waals surface area contributed by atoms with Crippen LogP contribution < -0.4 is 10.6 Å². The van der Waals surface area contributed by atoms with Gasteiger partial charge >= 0.3 is 0 Å². The first kappa shape index (κ1) is 18.5. The molecule has 2 N–H and O–H groups in total. The van der Waals surface area contributed by atoms with E-state index in [9.17, 15) is 9.59 Å². The lowest BCUT2D eigenvalue weighted by Crippen LogP contribution is -2.32. The van der Waals surface area contributed by atoms with Crippen LogP contribution in [-0.4, -0.2) is 17.0 Å². The van der Waals surface area contributed by atoms with E-state index >= 15 is 0 Å². The van der Waals surface area contributed by atoms with E-state index in [0.717, 1.165) is 5.56 Å². The first-order chi connectivity index (χ1) is 12.4. The van der Waals surface area contributed by atoms with Crippen molar-refractivity contribution in [1.29, 1.82) is 0 Å². The summed E-state index contributed by atoms with van der Waals surface area (Å²) in [6.45, 7) is 3.69. The molecule has 0 unspecified atom stereocenters. The van der Waals surface area contributed by atoms with Gasteiger partial charge in [-0.05, 0) is 57.2 Å². The van der Waals surface area contributed by atoms with Crippen molar-refractivity contribution in [2.24, 2.45) is 11.8 Å². The van der Waals surface area contributed by atoms with Crippen LogP contribution in [-0.2, 0) is 9.59 Å². The fourth-order valence-electron chi connectivity index (χ4n) is 3.19. The Kier molecular flexibility index (Phi) is 5.61. The summed E-state index contributed by atoms with van der Waals surface area (Å²) in [5.74, 6) is 0.803. The highest BCUT2D eigenvalue weighted by atomic mass is 35.5. The zero-order chi connectivity index (χ0) is 18.7. The fourth-order valence-corrected chi connectivity index (χ4v) is 3.37. The van der Waals surface area contributed by atoms with E-state index in [0.29, 0.717) is 48.0 Å². The number of nitrogens with one attached hydrogen (secondary N) is 2. The van der Waals surface area contributed by atoms with Gasteiger partial charge in [-0.25, -0.2) is 0 Å². The number of rotatable bonds is 4. The molecule has 0 atom stereocenters. The molecule has 138 valence electrons. The molecule has 0 saturated heterocycles. The van der Waals surface area contributed by atoms with Gasteiger partial charge < -0.3 is 15.2 Å². The van der Waals surface area contributed by atoms with Gasteiger partial charge in [0.15, 0.2) is 5.82 Å². The third-order valence-corrected chi connectivity index (χ3v) is 5.19. The molecule has 0 radical (unpaired) electrons. The Bertz CT molecular complexity index is 810. The molecule has 2 aromatic rings. The van der Waals surface area contributed by atoms with Crippen molar-refractivity contribution in [3.63, 3.8) is 0 Å². The Morgan fingerprint density at radius 1 is 1.04 bits per heavy atom. The van der Waals surface area contributed by atoms with Crippen LogP contribution in [0.1, 0.15) is 37.0 Å². The van der Waals surface area contributed by atoms with Gasteiger partial charge in [-0.1, -0.05) is 22.8 Å². The maximum atomic E-state index is 12.5. The molecular weight excluding hydrogens is 354 g/mol. The maximum absolute atomic E-state index is 12.5. The van der Waals surface area contributed by atoms with Gasteiger partial charge in [0.25, 0.3) is 0 Å². The van der Waals surface area contributed by atoms with Crippen LogP contribution in [0.2, 0.25) is 5.02 Å². The minimum Gasteiger partial charge on any atom is -0.360 e. The molecule has 1 saturated carbocycles. The Morgan fingerprint density at radius 2 is 1.65 bits per heavy atom. The molecule has 1 aromatic heterocycles. The molecule has 0 bridgehead atoms. The molecule has 3 rings (SSSR count). The summed E-state index contributed by atoms with van der Waals surface area (Å²) in [4.78, 5) is 24.8. The van der Waals surface area contributed by atoms with Crippen molar-refractivity contribution in [2.75, 3.05) is 10.6 Å². The zero-order valence-corrected chi connectivity index (χ0v) is 15.6. The van der Waals surface area contributed by atoms with Gasteiger partial charge in [0.1, 0.15) is 5.76 Å². The fraction of sp³-hybridized carbons (Fsp3) is 0.421.